The van der Waals surface area contributed by atoms with Crippen molar-refractivity contribution in [3.63, 3.8) is 0 Å². The van der Waals surface area contributed by atoms with Gasteiger partial charge in [0.15, 0.2) is 0 Å². The molecule has 0 spiro atoms. The highest BCUT2D eigenvalue weighted by molar-refractivity contribution is 6.31. The third kappa shape index (κ3) is 2.81. The van der Waals surface area contributed by atoms with Gasteiger partial charge >= 0.3 is 0 Å². The highest BCUT2D eigenvalue weighted by Crippen LogP contribution is 2.23. The first-order chi connectivity index (χ1) is 8.20. The monoisotopic (exact) mass is 255 g/mol. The molecule has 0 radical (unpaired) electrons. The van der Waals surface area contributed by atoms with E-state index >= 15 is 0 Å². The minimum absolute atomic E-state index is 0.0393. The average Bonchev–Trinajstić information content (AvgIpc) is 2.79. The molecule has 17 heavy (non-hydrogen) atoms. The van der Waals surface area contributed by atoms with Crippen LogP contribution in [0.2, 0.25) is 5.02 Å². The summed E-state index contributed by atoms with van der Waals surface area (Å²) in [6, 6.07) is 4.29. The first-order valence-electron chi connectivity index (χ1n) is 5.13. The second kappa shape index (κ2) is 5.25. The minimum atomic E-state index is -0.467. The first-order valence-corrected chi connectivity index (χ1v) is 5.51. The number of hydrogen-bond donors (Lipinski definition) is 1. The van der Waals surface area contributed by atoms with Crippen LogP contribution in [-0.4, -0.2) is 23.8 Å². The third-order valence-electron chi connectivity index (χ3n) is 2.22. The van der Waals surface area contributed by atoms with Crippen molar-refractivity contribution >= 4 is 11.6 Å². The van der Waals surface area contributed by atoms with Crippen LogP contribution in [0.25, 0.3) is 11.5 Å². The summed E-state index contributed by atoms with van der Waals surface area (Å²) in [5.41, 5.74) is 0.611. The summed E-state index contributed by atoms with van der Waals surface area (Å²) >= 11 is 5.68. The van der Waals surface area contributed by atoms with Crippen LogP contribution in [0, 0.1) is 5.82 Å². The molecule has 1 heterocycles. The molecule has 1 aromatic heterocycles. The number of rotatable bonds is 4. The molecule has 0 bridgehead atoms. The molecule has 0 atom stereocenters. The second-order valence-corrected chi connectivity index (χ2v) is 3.89. The van der Waals surface area contributed by atoms with Crippen LogP contribution in [0.4, 0.5) is 4.39 Å². The molecular weight excluding hydrogens is 245 g/mol. The van der Waals surface area contributed by atoms with Crippen molar-refractivity contribution in [1.29, 1.82) is 0 Å². The molecule has 6 heteroatoms. The van der Waals surface area contributed by atoms with E-state index in [0.29, 0.717) is 23.8 Å². The molecular formula is C11H11ClFN3O. The number of benzene rings is 1. The maximum Gasteiger partial charge on any atom is 0.247 e. The van der Waals surface area contributed by atoms with E-state index in [-0.39, 0.29) is 5.02 Å². The number of hydrogen-bond acceptors (Lipinski definition) is 4. The summed E-state index contributed by atoms with van der Waals surface area (Å²) in [6.45, 7) is 0.756. The Balaban J connectivity index is 2.21. The SMILES string of the molecule is CNCCc1nnc(-c2ccc(F)c(Cl)c2)o1. The van der Waals surface area contributed by atoms with Crippen molar-refractivity contribution in [3.05, 3.63) is 34.9 Å². The van der Waals surface area contributed by atoms with Gasteiger partial charge in [-0.1, -0.05) is 11.6 Å². The highest BCUT2D eigenvalue weighted by atomic mass is 35.5. The van der Waals surface area contributed by atoms with Crippen molar-refractivity contribution in [2.45, 2.75) is 6.42 Å². The number of nitrogens with zero attached hydrogens (tertiary/aromatic N) is 2. The Morgan fingerprint density at radius 3 is 2.94 bits per heavy atom. The van der Waals surface area contributed by atoms with E-state index in [1.165, 1.54) is 12.1 Å². The summed E-state index contributed by atoms with van der Waals surface area (Å²) < 4.78 is 18.4. The largest absolute Gasteiger partial charge is 0.421 e. The molecule has 0 aliphatic rings. The molecule has 2 aromatic rings. The standard InChI is InChI=1S/C11H11ClFN3O/c1-14-5-4-10-15-16-11(17-10)7-2-3-9(13)8(12)6-7/h2-3,6,14H,4-5H2,1H3. The fraction of sp³-hybridized carbons (Fsp3) is 0.273. The molecule has 0 saturated heterocycles. The molecule has 4 nitrogen and oxygen atoms in total. The van der Waals surface area contributed by atoms with E-state index in [1.807, 2.05) is 7.05 Å². The van der Waals surface area contributed by atoms with E-state index in [0.717, 1.165) is 6.54 Å². The lowest BCUT2D eigenvalue weighted by Crippen LogP contribution is -2.10. The molecule has 0 aliphatic carbocycles. The Bertz CT molecular complexity index is 515. The van der Waals surface area contributed by atoms with Crippen molar-refractivity contribution in [1.82, 2.24) is 15.5 Å². The lowest BCUT2D eigenvalue weighted by molar-refractivity contribution is 0.500. The van der Waals surface area contributed by atoms with Crippen LogP contribution in [0.3, 0.4) is 0 Å². The van der Waals surface area contributed by atoms with E-state index in [1.54, 1.807) is 6.07 Å². The number of likely N-dealkylation sites (N-methyl/N-ethyl adjacent to an activating group) is 1. The van der Waals surface area contributed by atoms with Gasteiger partial charge in [-0.25, -0.2) is 4.39 Å². The van der Waals surface area contributed by atoms with Crippen LogP contribution < -0.4 is 5.32 Å². The van der Waals surface area contributed by atoms with Gasteiger partial charge in [-0.3, -0.25) is 0 Å². The van der Waals surface area contributed by atoms with E-state index < -0.39 is 5.82 Å². The van der Waals surface area contributed by atoms with Gasteiger partial charge in [-0.15, -0.1) is 10.2 Å². The van der Waals surface area contributed by atoms with Crippen LogP contribution in [0.15, 0.2) is 22.6 Å². The van der Waals surface area contributed by atoms with Gasteiger partial charge in [0.25, 0.3) is 0 Å². The van der Waals surface area contributed by atoms with Crippen LogP contribution in [0.1, 0.15) is 5.89 Å². The summed E-state index contributed by atoms with van der Waals surface area (Å²) in [4.78, 5) is 0. The van der Waals surface area contributed by atoms with Crippen molar-refractivity contribution in [2.24, 2.45) is 0 Å². The summed E-state index contributed by atoms with van der Waals surface area (Å²) in [7, 11) is 1.84. The van der Waals surface area contributed by atoms with Gasteiger partial charge in [0.1, 0.15) is 5.82 Å². The zero-order valence-corrected chi connectivity index (χ0v) is 9.96. The maximum atomic E-state index is 13.0. The lowest BCUT2D eigenvalue weighted by atomic mass is 10.2. The smallest absolute Gasteiger partial charge is 0.247 e. The van der Waals surface area contributed by atoms with Gasteiger partial charge in [-0.2, -0.15) is 0 Å². The summed E-state index contributed by atoms with van der Waals surface area (Å²) in [5.74, 6) is 0.415. The summed E-state index contributed by atoms with van der Waals surface area (Å²) in [6.07, 6.45) is 0.651. The van der Waals surface area contributed by atoms with Crippen molar-refractivity contribution in [3.8, 4) is 11.5 Å². The van der Waals surface area contributed by atoms with Crippen LogP contribution in [0.5, 0.6) is 0 Å². The van der Waals surface area contributed by atoms with E-state index in [2.05, 4.69) is 15.5 Å². The Kier molecular flexibility index (Phi) is 3.71. The normalized spacial score (nSPS) is 10.8. The molecule has 2 rings (SSSR count). The fourth-order valence-electron chi connectivity index (χ4n) is 1.33. The van der Waals surface area contributed by atoms with Gasteiger partial charge < -0.3 is 9.73 Å². The van der Waals surface area contributed by atoms with Gasteiger partial charge in [0.2, 0.25) is 11.8 Å². The summed E-state index contributed by atoms with van der Waals surface area (Å²) in [5, 5.41) is 10.8. The predicted octanol–water partition coefficient (Wildman–Crippen LogP) is 2.29. The van der Waals surface area contributed by atoms with E-state index in [9.17, 15) is 4.39 Å². The molecule has 1 N–H and O–H groups in total. The van der Waals surface area contributed by atoms with Gasteiger partial charge in [-0.05, 0) is 25.2 Å². The first kappa shape index (κ1) is 12.0. The average molecular weight is 256 g/mol. The fourth-order valence-corrected chi connectivity index (χ4v) is 1.51. The van der Waals surface area contributed by atoms with Crippen molar-refractivity contribution in [2.75, 3.05) is 13.6 Å². The molecule has 0 saturated carbocycles. The predicted molar refractivity (Wildman–Crippen MR) is 62.3 cm³/mol. The van der Waals surface area contributed by atoms with Crippen LogP contribution in [-0.2, 0) is 6.42 Å². The Morgan fingerprint density at radius 1 is 1.41 bits per heavy atom. The number of nitrogens with one attached hydrogen (secondary N) is 1. The zero-order chi connectivity index (χ0) is 12.3. The Hall–Kier alpha value is -1.46. The molecule has 0 unspecified atom stereocenters. The van der Waals surface area contributed by atoms with E-state index in [4.69, 9.17) is 16.0 Å². The van der Waals surface area contributed by atoms with Gasteiger partial charge in [0.05, 0.1) is 5.02 Å². The third-order valence-corrected chi connectivity index (χ3v) is 2.51. The quantitative estimate of drug-likeness (QED) is 0.911. The maximum absolute atomic E-state index is 13.0. The number of halogens is 2. The van der Waals surface area contributed by atoms with Gasteiger partial charge in [0, 0.05) is 18.5 Å². The van der Waals surface area contributed by atoms with Crippen LogP contribution >= 0.6 is 11.6 Å². The van der Waals surface area contributed by atoms with Crippen molar-refractivity contribution < 1.29 is 8.81 Å². The molecule has 90 valence electrons. The topological polar surface area (TPSA) is 51.0 Å². The Morgan fingerprint density at radius 2 is 2.24 bits per heavy atom. The highest BCUT2D eigenvalue weighted by Gasteiger charge is 2.10. The zero-order valence-electron chi connectivity index (χ0n) is 9.20. The lowest BCUT2D eigenvalue weighted by Gasteiger charge is -1.97. The molecule has 0 aliphatic heterocycles. The molecule has 0 amide bonds. The number of aromatic nitrogens is 2. The molecule has 0 fully saturated rings. The molecule has 1 aromatic carbocycles. The minimum Gasteiger partial charge on any atom is -0.421 e. The Labute approximate surface area is 103 Å². The second-order valence-electron chi connectivity index (χ2n) is 3.48.